The summed E-state index contributed by atoms with van der Waals surface area (Å²) in [5.74, 6) is 0. The Kier molecular flexibility index (Phi) is 8.20. The molecule has 2 heteroatoms. The van der Waals surface area contributed by atoms with Gasteiger partial charge in [0.25, 0.3) is 0 Å². The summed E-state index contributed by atoms with van der Waals surface area (Å²) in [6.07, 6.45) is 0. The second kappa shape index (κ2) is 13.9. The lowest BCUT2D eigenvalue weighted by atomic mass is 9.82. The lowest BCUT2D eigenvalue weighted by Crippen LogP contribution is -2.16. The Morgan fingerprint density at radius 1 is 0.356 bits per heavy atom. The Morgan fingerprint density at radius 2 is 0.898 bits per heavy atom. The molecule has 1 aromatic heterocycles. The van der Waals surface area contributed by atoms with E-state index in [0.717, 1.165) is 55.7 Å². The maximum Gasteiger partial charge on any atom is 0.136 e. The summed E-state index contributed by atoms with van der Waals surface area (Å²) in [4.78, 5) is 2.48. The number of hydrogen-bond donors (Lipinski definition) is 0. The first-order valence-electron chi connectivity index (χ1n) is 20.4. The van der Waals surface area contributed by atoms with Crippen LogP contribution in [0.15, 0.2) is 217 Å². The number of benzene rings is 9. The highest BCUT2D eigenvalue weighted by atomic mass is 16.3. The summed E-state index contributed by atoms with van der Waals surface area (Å²) >= 11 is 0. The van der Waals surface area contributed by atoms with Gasteiger partial charge in [0.2, 0.25) is 0 Å². The van der Waals surface area contributed by atoms with Crippen LogP contribution in [0.1, 0.15) is 25.0 Å². The quantitative estimate of drug-likeness (QED) is 0.161. The van der Waals surface area contributed by atoms with Gasteiger partial charge in [-0.2, -0.15) is 0 Å². The fraction of sp³-hybridized carbons (Fsp3) is 0.0526. The highest BCUT2D eigenvalue weighted by Crippen LogP contribution is 2.55. The van der Waals surface area contributed by atoms with Crippen molar-refractivity contribution in [3.8, 4) is 55.6 Å². The molecule has 0 saturated heterocycles. The van der Waals surface area contributed by atoms with Crippen molar-refractivity contribution in [3.05, 3.63) is 223 Å². The number of rotatable bonds is 7. The minimum atomic E-state index is -0.139. The molecule has 0 spiro atoms. The van der Waals surface area contributed by atoms with Crippen LogP contribution in [-0.4, -0.2) is 0 Å². The SMILES string of the molecule is CC1(C)c2ccccc2-c2c(N(c3ccc(-c4ccc5c(c4)oc4ccccc45)cc3)c3ccccc3-c3ccccc3-c3ccccc3-c3ccccc3)cccc21. The van der Waals surface area contributed by atoms with E-state index in [0.29, 0.717) is 0 Å². The van der Waals surface area contributed by atoms with Gasteiger partial charge in [-0.15, -0.1) is 0 Å². The summed E-state index contributed by atoms with van der Waals surface area (Å²) in [7, 11) is 0. The van der Waals surface area contributed by atoms with Crippen molar-refractivity contribution in [3.63, 3.8) is 0 Å². The Labute approximate surface area is 345 Å². The van der Waals surface area contributed by atoms with Gasteiger partial charge in [-0.25, -0.2) is 0 Å². The normalized spacial score (nSPS) is 12.7. The predicted molar refractivity (Wildman–Crippen MR) is 248 cm³/mol. The van der Waals surface area contributed by atoms with Gasteiger partial charge in [0, 0.05) is 33.0 Å². The third-order valence-corrected chi connectivity index (χ3v) is 12.3. The third-order valence-electron chi connectivity index (χ3n) is 12.3. The summed E-state index contributed by atoms with van der Waals surface area (Å²) in [6.45, 7) is 4.71. The van der Waals surface area contributed by atoms with Crippen molar-refractivity contribution >= 4 is 39.0 Å². The fourth-order valence-electron chi connectivity index (χ4n) is 9.47. The van der Waals surface area contributed by atoms with E-state index >= 15 is 0 Å². The van der Waals surface area contributed by atoms with E-state index in [2.05, 4.69) is 219 Å². The summed E-state index contributed by atoms with van der Waals surface area (Å²) in [6, 6.07) is 76.9. The number of anilines is 3. The molecule has 1 aliphatic carbocycles. The van der Waals surface area contributed by atoms with E-state index in [9.17, 15) is 0 Å². The number of furan rings is 1. The zero-order valence-corrected chi connectivity index (χ0v) is 33.1. The highest BCUT2D eigenvalue weighted by Gasteiger charge is 2.38. The van der Waals surface area contributed by atoms with E-state index in [4.69, 9.17) is 4.42 Å². The van der Waals surface area contributed by atoms with Gasteiger partial charge in [0.15, 0.2) is 0 Å². The third kappa shape index (κ3) is 5.71. The largest absolute Gasteiger partial charge is 0.456 e. The average Bonchev–Trinajstić information content (AvgIpc) is 3.79. The van der Waals surface area contributed by atoms with Crippen LogP contribution in [0.25, 0.3) is 77.6 Å². The number of nitrogens with zero attached hydrogens (tertiary/aromatic N) is 1. The monoisotopic (exact) mass is 755 g/mol. The zero-order valence-electron chi connectivity index (χ0n) is 33.1. The molecule has 0 unspecified atom stereocenters. The average molecular weight is 756 g/mol. The van der Waals surface area contributed by atoms with Gasteiger partial charge in [0.05, 0.1) is 11.4 Å². The number of hydrogen-bond acceptors (Lipinski definition) is 2. The van der Waals surface area contributed by atoms with Crippen LogP contribution in [0.3, 0.4) is 0 Å². The summed E-state index contributed by atoms with van der Waals surface area (Å²) < 4.78 is 6.30. The number of fused-ring (bicyclic) bond motifs is 6. The summed E-state index contributed by atoms with van der Waals surface area (Å²) in [5.41, 5.74) is 19.7. The molecule has 0 N–H and O–H groups in total. The van der Waals surface area contributed by atoms with E-state index in [-0.39, 0.29) is 5.41 Å². The van der Waals surface area contributed by atoms with Crippen LogP contribution in [0, 0.1) is 0 Å². The molecule has 0 fully saturated rings. The van der Waals surface area contributed by atoms with Gasteiger partial charge in [-0.3, -0.25) is 0 Å². The van der Waals surface area contributed by atoms with Crippen LogP contribution in [-0.2, 0) is 5.41 Å². The molecule has 0 radical (unpaired) electrons. The lowest BCUT2D eigenvalue weighted by Gasteiger charge is -2.31. The minimum absolute atomic E-state index is 0.139. The van der Waals surface area contributed by atoms with E-state index in [1.165, 1.54) is 50.1 Å². The maximum absolute atomic E-state index is 6.30. The van der Waals surface area contributed by atoms with Crippen LogP contribution >= 0.6 is 0 Å². The van der Waals surface area contributed by atoms with Crippen molar-refractivity contribution in [2.75, 3.05) is 4.90 Å². The molecular formula is C57H41NO. The Morgan fingerprint density at radius 3 is 1.68 bits per heavy atom. The Bertz CT molecular complexity index is 3190. The van der Waals surface area contributed by atoms with E-state index < -0.39 is 0 Å². The molecule has 0 amide bonds. The van der Waals surface area contributed by atoms with Gasteiger partial charge < -0.3 is 9.32 Å². The van der Waals surface area contributed by atoms with Crippen LogP contribution in [0.2, 0.25) is 0 Å². The molecule has 1 heterocycles. The molecule has 11 rings (SSSR count). The van der Waals surface area contributed by atoms with Gasteiger partial charge in [-0.1, -0.05) is 184 Å². The maximum atomic E-state index is 6.30. The first-order valence-corrected chi connectivity index (χ1v) is 20.4. The molecule has 0 aliphatic heterocycles. The first kappa shape index (κ1) is 34.8. The van der Waals surface area contributed by atoms with E-state index in [1.807, 2.05) is 12.1 Å². The number of para-hydroxylation sites is 2. The second-order valence-electron chi connectivity index (χ2n) is 16.0. The van der Waals surface area contributed by atoms with Crippen LogP contribution in [0.4, 0.5) is 17.1 Å². The van der Waals surface area contributed by atoms with Gasteiger partial charge >= 0.3 is 0 Å². The minimum Gasteiger partial charge on any atom is -0.456 e. The molecule has 280 valence electrons. The molecule has 0 bridgehead atoms. The van der Waals surface area contributed by atoms with Crippen molar-refractivity contribution in [2.45, 2.75) is 19.3 Å². The first-order chi connectivity index (χ1) is 29.0. The second-order valence-corrected chi connectivity index (χ2v) is 16.0. The van der Waals surface area contributed by atoms with Gasteiger partial charge in [-0.05, 0) is 98.1 Å². The molecule has 0 atom stereocenters. The standard InChI is InChI=1S/C57H41NO/c1-57(2)50-26-13-10-25-49(50)56-51(57)27-16-29-53(56)58(41-34-31-38(32-35-41)40-33-36-48-47-24-12-15-30-54(47)59-55(48)37-40)52-28-14-11-23-46(52)45-22-9-8-21-44(45)43-20-7-6-19-42(43)39-17-4-3-5-18-39/h3-37H,1-2H3. The molecule has 1 aliphatic rings. The Balaban J connectivity index is 1.11. The molecule has 59 heavy (non-hydrogen) atoms. The molecular weight excluding hydrogens is 715 g/mol. The lowest BCUT2D eigenvalue weighted by molar-refractivity contribution is 0.660. The Hall–Kier alpha value is -7.42. The zero-order chi connectivity index (χ0) is 39.5. The van der Waals surface area contributed by atoms with Gasteiger partial charge in [0.1, 0.15) is 11.2 Å². The molecule has 9 aromatic carbocycles. The van der Waals surface area contributed by atoms with Crippen molar-refractivity contribution < 1.29 is 4.42 Å². The van der Waals surface area contributed by atoms with E-state index in [1.54, 1.807) is 0 Å². The molecule has 0 saturated carbocycles. The summed E-state index contributed by atoms with van der Waals surface area (Å²) in [5, 5.41) is 2.28. The van der Waals surface area contributed by atoms with Crippen LogP contribution < -0.4 is 4.90 Å². The molecule has 2 nitrogen and oxygen atoms in total. The predicted octanol–water partition coefficient (Wildman–Crippen LogP) is 16.0. The topological polar surface area (TPSA) is 16.4 Å². The highest BCUT2D eigenvalue weighted by molar-refractivity contribution is 6.06. The molecule has 10 aromatic rings. The van der Waals surface area contributed by atoms with Crippen LogP contribution in [0.5, 0.6) is 0 Å². The van der Waals surface area contributed by atoms with Crippen molar-refractivity contribution in [1.29, 1.82) is 0 Å². The smallest absolute Gasteiger partial charge is 0.136 e. The van der Waals surface area contributed by atoms with Crippen molar-refractivity contribution in [1.82, 2.24) is 0 Å². The fourth-order valence-corrected chi connectivity index (χ4v) is 9.47. The van der Waals surface area contributed by atoms with Crippen molar-refractivity contribution in [2.24, 2.45) is 0 Å².